The van der Waals surface area contributed by atoms with Crippen LogP contribution in [0.15, 0.2) is 18.2 Å². The zero-order chi connectivity index (χ0) is 22.8. The number of carbonyl (C=O) groups excluding carboxylic acids is 2. The molecule has 0 N–H and O–H groups in total. The number of nitrogens with zero attached hydrogens (tertiary/aromatic N) is 4. The van der Waals surface area contributed by atoms with Crippen molar-refractivity contribution in [2.24, 2.45) is 5.92 Å². The minimum absolute atomic E-state index is 0.0671. The van der Waals surface area contributed by atoms with Gasteiger partial charge in [0.1, 0.15) is 6.04 Å². The second-order valence-corrected chi connectivity index (χ2v) is 8.48. The van der Waals surface area contributed by atoms with Crippen molar-refractivity contribution in [3.8, 4) is 6.07 Å². The Morgan fingerprint density at radius 3 is 2.45 bits per heavy atom. The molecule has 0 bridgehead atoms. The lowest BCUT2D eigenvalue weighted by molar-refractivity contribution is -0.145. The van der Waals surface area contributed by atoms with Crippen LogP contribution in [0, 0.1) is 17.2 Å². The quantitative estimate of drug-likeness (QED) is 0.727. The van der Waals surface area contributed by atoms with Crippen LogP contribution in [0.4, 0.5) is 18.9 Å². The molecule has 6 nitrogen and oxygen atoms in total. The van der Waals surface area contributed by atoms with E-state index >= 15 is 0 Å². The van der Waals surface area contributed by atoms with Gasteiger partial charge >= 0.3 is 6.18 Å². The van der Waals surface area contributed by atoms with Crippen molar-refractivity contribution < 1.29 is 22.8 Å². The molecule has 3 rings (SSSR count). The summed E-state index contributed by atoms with van der Waals surface area (Å²) in [7, 11) is 3.20. The Morgan fingerprint density at radius 1 is 1.19 bits per heavy atom. The Kier molecular flexibility index (Phi) is 6.77. The number of amides is 2. The van der Waals surface area contributed by atoms with Gasteiger partial charge in [-0.25, -0.2) is 0 Å². The maximum Gasteiger partial charge on any atom is 0.417 e. The normalized spacial score (nSPS) is 19.9. The molecule has 1 heterocycles. The summed E-state index contributed by atoms with van der Waals surface area (Å²) in [6.45, 7) is 0.685. The Morgan fingerprint density at radius 2 is 1.87 bits per heavy atom. The van der Waals surface area contributed by atoms with E-state index in [1.54, 1.807) is 30.0 Å². The number of likely N-dealkylation sites (N-methyl/N-ethyl adjacent to an activating group) is 1. The third-order valence-electron chi connectivity index (χ3n) is 6.16. The first kappa shape index (κ1) is 22.9. The molecule has 1 saturated heterocycles. The maximum absolute atomic E-state index is 13.4. The highest BCUT2D eigenvalue weighted by molar-refractivity contribution is 5.88. The van der Waals surface area contributed by atoms with Gasteiger partial charge in [-0.1, -0.05) is 12.8 Å². The van der Waals surface area contributed by atoms with Gasteiger partial charge in [0.15, 0.2) is 0 Å². The van der Waals surface area contributed by atoms with Crippen molar-refractivity contribution in [2.45, 2.75) is 44.3 Å². The van der Waals surface area contributed by atoms with Crippen molar-refractivity contribution in [1.82, 2.24) is 9.80 Å². The largest absolute Gasteiger partial charge is 0.417 e. The first-order valence-electron chi connectivity index (χ1n) is 10.5. The number of halogens is 3. The fourth-order valence-corrected chi connectivity index (χ4v) is 4.47. The lowest BCUT2D eigenvalue weighted by atomic mass is 10.0. The van der Waals surface area contributed by atoms with E-state index in [9.17, 15) is 22.8 Å². The van der Waals surface area contributed by atoms with Crippen molar-refractivity contribution in [2.75, 3.05) is 38.6 Å². The van der Waals surface area contributed by atoms with E-state index in [-0.39, 0.29) is 30.6 Å². The number of nitriles is 1. The molecule has 31 heavy (non-hydrogen) atoms. The van der Waals surface area contributed by atoms with Crippen LogP contribution in [0.2, 0.25) is 0 Å². The van der Waals surface area contributed by atoms with Crippen molar-refractivity contribution >= 4 is 17.5 Å². The second-order valence-electron chi connectivity index (χ2n) is 8.48. The van der Waals surface area contributed by atoms with E-state index in [0.717, 1.165) is 37.8 Å². The third-order valence-corrected chi connectivity index (χ3v) is 6.16. The molecule has 168 valence electrons. The van der Waals surface area contributed by atoms with E-state index in [1.165, 1.54) is 11.0 Å². The fourth-order valence-electron chi connectivity index (χ4n) is 4.47. The smallest absolute Gasteiger partial charge is 0.367 e. The minimum Gasteiger partial charge on any atom is -0.367 e. The van der Waals surface area contributed by atoms with Crippen LogP contribution in [0.25, 0.3) is 0 Å². The van der Waals surface area contributed by atoms with Crippen LogP contribution in [0.3, 0.4) is 0 Å². The summed E-state index contributed by atoms with van der Waals surface area (Å²) in [5.74, 6) is 0.0187. The Bertz CT molecular complexity index is 872. The highest BCUT2D eigenvalue weighted by Gasteiger charge is 2.38. The van der Waals surface area contributed by atoms with Crippen LogP contribution < -0.4 is 4.90 Å². The Balaban J connectivity index is 1.83. The molecule has 1 aromatic carbocycles. The first-order chi connectivity index (χ1) is 14.6. The number of alkyl halides is 3. The molecular weight excluding hydrogens is 409 g/mol. The zero-order valence-electron chi connectivity index (χ0n) is 17.8. The molecule has 2 aliphatic rings. The molecule has 0 aromatic heterocycles. The number of hydrogen-bond donors (Lipinski definition) is 0. The van der Waals surface area contributed by atoms with Crippen LogP contribution in [-0.4, -0.2) is 61.4 Å². The summed E-state index contributed by atoms with van der Waals surface area (Å²) < 4.78 is 40.1. The van der Waals surface area contributed by atoms with Gasteiger partial charge in [-0.15, -0.1) is 0 Å². The molecular formula is C22H27F3N4O2. The predicted molar refractivity (Wildman–Crippen MR) is 109 cm³/mol. The molecule has 1 aromatic rings. The molecule has 1 aliphatic carbocycles. The molecule has 1 saturated carbocycles. The lowest BCUT2D eigenvalue weighted by Crippen LogP contribution is -2.60. The summed E-state index contributed by atoms with van der Waals surface area (Å²) in [5, 5.41) is 9.01. The first-order valence-corrected chi connectivity index (χ1v) is 10.5. The molecule has 0 spiro atoms. The minimum atomic E-state index is -4.65. The van der Waals surface area contributed by atoms with E-state index in [0.29, 0.717) is 18.9 Å². The summed E-state index contributed by atoms with van der Waals surface area (Å²) in [6, 6.07) is 4.38. The highest BCUT2D eigenvalue weighted by Crippen LogP contribution is 2.35. The number of piperazine rings is 1. The zero-order valence-corrected chi connectivity index (χ0v) is 17.8. The molecule has 1 unspecified atom stereocenters. The molecule has 2 amide bonds. The average molecular weight is 436 g/mol. The van der Waals surface area contributed by atoms with Crippen molar-refractivity contribution in [3.05, 3.63) is 29.3 Å². The van der Waals surface area contributed by atoms with Crippen LogP contribution in [0.1, 0.15) is 43.2 Å². The van der Waals surface area contributed by atoms with Gasteiger partial charge in [-0.05, 0) is 37.0 Å². The highest BCUT2D eigenvalue weighted by atomic mass is 19.4. The van der Waals surface area contributed by atoms with Gasteiger partial charge in [0.25, 0.3) is 0 Å². The average Bonchev–Trinajstić information content (AvgIpc) is 3.24. The third kappa shape index (κ3) is 5.12. The number of rotatable bonds is 4. The second kappa shape index (κ2) is 9.16. The molecule has 9 heteroatoms. The van der Waals surface area contributed by atoms with Gasteiger partial charge in [-0.2, -0.15) is 18.4 Å². The number of anilines is 1. The molecule has 0 radical (unpaired) electrons. The Labute approximate surface area is 180 Å². The summed E-state index contributed by atoms with van der Waals surface area (Å²) in [5.41, 5.74) is -1.16. The van der Waals surface area contributed by atoms with Gasteiger partial charge < -0.3 is 14.7 Å². The fraction of sp³-hybridized carbons (Fsp3) is 0.591. The monoisotopic (exact) mass is 436 g/mol. The van der Waals surface area contributed by atoms with Crippen LogP contribution >= 0.6 is 0 Å². The van der Waals surface area contributed by atoms with Gasteiger partial charge in [0, 0.05) is 45.8 Å². The van der Waals surface area contributed by atoms with E-state index < -0.39 is 23.3 Å². The van der Waals surface area contributed by atoms with Crippen LogP contribution in [-0.2, 0) is 15.8 Å². The van der Waals surface area contributed by atoms with E-state index in [2.05, 4.69) is 0 Å². The Hall–Kier alpha value is -2.76. The summed E-state index contributed by atoms with van der Waals surface area (Å²) in [6.07, 6.45) is 0.0240. The van der Waals surface area contributed by atoms with Crippen LogP contribution in [0.5, 0.6) is 0 Å². The molecule has 1 atom stereocenters. The summed E-state index contributed by atoms with van der Waals surface area (Å²) in [4.78, 5) is 30.5. The number of carbonyl (C=O) groups is 2. The maximum atomic E-state index is 13.4. The standard InChI is InChI=1S/C22H27F3N4O2/c1-27(2)21(31)19-14-28(9-10-29(19)20(30)11-15-5-3-4-6-15)17-8-7-16(13-26)18(12-17)22(23,24)25/h7-8,12,15,19H,3-6,9-11,14H2,1-2H3. The SMILES string of the molecule is CN(C)C(=O)C1CN(c2ccc(C#N)c(C(F)(F)F)c2)CCN1C(=O)CC1CCCC1. The van der Waals surface area contributed by atoms with Gasteiger partial charge in [0.05, 0.1) is 17.2 Å². The van der Waals surface area contributed by atoms with Crippen molar-refractivity contribution in [3.63, 3.8) is 0 Å². The number of hydrogen-bond acceptors (Lipinski definition) is 4. The van der Waals surface area contributed by atoms with E-state index in [4.69, 9.17) is 5.26 Å². The van der Waals surface area contributed by atoms with Gasteiger partial charge in [0.2, 0.25) is 11.8 Å². The van der Waals surface area contributed by atoms with Crippen molar-refractivity contribution in [1.29, 1.82) is 5.26 Å². The lowest BCUT2D eigenvalue weighted by Gasteiger charge is -2.42. The number of benzene rings is 1. The topological polar surface area (TPSA) is 67.7 Å². The molecule has 2 fully saturated rings. The van der Waals surface area contributed by atoms with Gasteiger partial charge in [-0.3, -0.25) is 9.59 Å². The predicted octanol–water partition coefficient (Wildman–Crippen LogP) is 3.26. The summed E-state index contributed by atoms with van der Waals surface area (Å²) >= 11 is 0. The van der Waals surface area contributed by atoms with E-state index in [1.807, 2.05) is 0 Å². The molecule has 1 aliphatic heterocycles.